The van der Waals surface area contributed by atoms with Gasteiger partial charge in [-0.25, -0.2) is 0 Å². The van der Waals surface area contributed by atoms with Crippen molar-refractivity contribution in [2.24, 2.45) is 0 Å². The first-order valence-corrected chi connectivity index (χ1v) is 23.6. The Hall–Kier alpha value is -9.18. The maximum atomic E-state index is 6.32. The SMILES string of the molecule is c1ccc(-c2cccc(-c3ccc(N(c4ccc(-c5ccc(-c6cccc(-n7c8ccccc8c8ccccc87)c6)cc5)cc4)c4cccc(-c5ccc6c(c5)oc5ccccc56)c4)cc3)c2)cc1. The number of anilines is 3. The molecule has 324 valence electrons. The number of nitrogens with zero attached hydrogens (tertiary/aromatic N) is 2. The summed E-state index contributed by atoms with van der Waals surface area (Å²) < 4.78 is 8.70. The highest BCUT2D eigenvalue weighted by molar-refractivity contribution is 6.09. The third kappa shape index (κ3) is 7.34. The van der Waals surface area contributed by atoms with Gasteiger partial charge in [-0.1, -0.05) is 182 Å². The normalized spacial score (nSPS) is 11.5. The average molecular weight is 881 g/mol. The molecule has 13 rings (SSSR count). The van der Waals surface area contributed by atoms with E-state index in [4.69, 9.17) is 4.42 Å². The number of hydrogen-bond donors (Lipinski definition) is 0. The molecule has 0 saturated heterocycles. The van der Waals surface area contributed by atoms with Crippen molar-refractivity contribution < 1.29 is 4.42 Å². The zero-order valence-electron chi connectivity index (χ0n) is 37.7. The molecule has 3 nitrogen and oxygen atoms in total. The summed E-state index contributed by atoms with van der Waals surface area (Å²) in [5.41, 5.74) is 20.3. The molecule has 0 bridgehead atoms. The van der Waals surface area contributed by atoms with Crippen LogP contribution in [0.4, 0.5) is 17.1 Å². The van der Waals surface area contributed by atoms with Crippen molar-refractivity contribution in [1.82, 2.24) is 4.57 Å². The third-order valence-electron chi connectivity index (χ3n) is 13.6. The van der Waals surface area contributed by atoms with E-state index in [2.05, 4.69) is 264 Å². The summed E-state index contributed by atoms with van der Waals surface area (Å²) in [6.07, 6.45) is 0. The molecule has 0 fully saturated rings. The summed E-state index contributed by atoms with van der Waals surface area (Å²) in [5, 5.41) is 4.79. The zero-order valence-corrected chi connectivity index (χ0v) is 37.7. The maximum absolute atomic E-state index is 6.32. The van der Waals surface area contributed by atoms with Gasteiger partial charge >= 0.3 is 0 Å². The Kier molecular flexibility index (Phi) is 9.84. The van der Waals surface area contributed by atoms with Crippen molar-refractivity contribution >= 4 is 60.8 Å². The van der Waals surface area contributed by atoms with E-state index < -0.39 is 0 Å². The molecule has 0 aliphatic carbocycles. The number of para-hydroxylation sites is 3. The fourth-order valence-corrected chi connectivity index (χ4v) is 10.2. The second-order valence-corrected chi connectivity index (χ2v) is 17.7. The topological polar surface area (TPSA) is 21.3 Å². The number of aromatic nitrogens is 1. The number of fused-ring (bicyclic) bond motifs is 6. The van der Waals surface area contributed by atoms with Gasteiger partial charge in [0.05, 0.1) is 11.0 Å². The number of hydrogen-bond acceptors (Lipinski definition) is 2. The molecular formula is C66H44N2O. The van der Waals surface area contributed by atoms with E-state index in [1.54, 1.807) is 0 Å². The maximum Gasteiger partial charge on any atom is 0.136 e. The fourth-order valence-electron chi connectivity index (χ4n) is 10.2. The Labute approximate surface area is 401 Å². The summed E-state index contributed by atoms with van der Waals surface area (Å²) >= 11 is 0. The molecule has 0 amide bonds. The van der Waals surface area contributed by atoms with Crippen LogP contribution in [0, 0.1) is 0 Å². The van der Waals surface area contributed by atoms with Gasteiger partial charge in [-0.15, -0.1) is 0 Å². The molecule has 0 saturated carbocycles. The predicted molar refractivity (Wildman–Crippen MR) is 290 cm³/mol. The van der Waals surface area contributed by atoms with Crippen LogP contribution in [0.1, 0.15) is 0 Å². The minimum absolute atomic E-state index is 0.888. The van der Waals surface area contributed by atoms with Crippen LogP contribution in [-0.2, 0) is 0 Å². The second-order valence-electron chi connectivity index (χ2n) is 17.7. The van der Waals surface area contributed by atoms with Crippen LogP contribution in [0.2, 0.25) is 0 Å². The van der Waals surface area contributed by atoms with Gasteiger partial charge in [-0.05, 0) is 141 Å². The first-order valence-electron chi connectivity index (χ1n) is 23.6. The van der Waals surface area contributed by atoms with Crippen LogP contribution in [-0.4, -0.2) is 4.57 Å². The average Bonchev–Trinajstić information content (AvgIpc) is 3.97. The molecule has 13 aromatic rings. The van der Waals surface area contributed by atoms with Crippen molar-refractivity contribution in [2.45, 2.75) is 0 Å². The van der Waals surface area contributed by atoms with E-state index >= 15 is 0 Å². The van der Waals surface area contributed by atoms with E-state index in [9.17, 15) is 0 Å². The predicted octanol–water partition coefficient (Wildman–Crippen LogP) is 18.5. The smallest absolute Gasteiger partial charge is 0.136 e. The van der Waals surface area contributed by atoms with Crippen LogP contribution in [0.15, 0.2) is 271 Å². The Morgan fingerprint density at radius 1 is 0.246 bits per heavy atom. The lowest BCUT2D eigenvalue weighted by Crippen LogP contribution is -2.10. The Bertz CT molecular complexity index is 3940. The summed E-state index contributed by atoms with van der Waals surface area (Å²) in [7, 11) is 0. The molecular weight excluding hydrogens is 837 g/mol. The minimum Gasteiger partial charge on any atom is -0.456 e. The van der Waals surface area contributed by atoms with Crippen molar-refractivity contribution in [2.75, 3.05) is 4.90 Å². The van der Waals surface area contributed by atoms with E-state index in [1.807, 2.05) is 12.1 Å². The highest BCUT2D eigenvalue weighted by atomic mass is 16.3. The molecule has 2 heterocycles. The molecule has 0 unspecified atom stereocenters. The molecule has 2 aromatic heterocycles. The molecule has 0 radical (unpaired) electrons. The van der Waals surface area contributed by atoms with Gasteiger partial charge in [0.25, 0.3) is 0 Å². The molecule has 0 aliphatic rings. The van der Waals surface area contributed by atoms with Crippen molar-refractivity contribution in [3.63, 3.8) is 0 Å². The summed E-state index contributed by atoms with van der Waals surface area (Å²) in [4.78, 5) is 2.35. The van der Waals surface area contributed by atoms with Crippen molar-refractivity contribution in [1.29, 1.82) is 0 Å². The van der Waals surface area contributed by atoms with E-state index in [-0.39, 0.29) is 0 Å². The summed E-state index contributed by atoms with van der Waals surface area (Å²) in [6, 6.07) is 96.1. The number of furan rings is 1. The summed E-state index contributed by atoms with van der Waals surface area (Å²) in [5.74, 6) is 0. The van der Waals surface area contributed by atoms with Gasteiger partial charge in [0.1, 0.15) is 11.2 Å². The van der Waals surface area contributed by atoms with Gasteiger partial charge in [-0.3, -0.25) is 0 Å². The Morgan fingerprint density at radius 3 is 1.30 bits per heavy atom. The van der Waals surface area contributed by atoms with Crippen LogP contribution < -0.4 is 4.90 Å². The highest BCUT2D eigenvalue weighted by Crippen LogP contribution is 2.41. The first-order chi connectivity index (χ1) is 34.2. The number of benzene rings is 11. The van der Waals surface area contributed by atoms with Crippen molar-refractivity contribution in [3.05, 3.63) is 267 Å². The summed E-state index contributed by atoms with van der Waals surface area (Å²) in [6.45, 7) is 0. The lowest BCUT2D eigenvalue weighted by atomic mass is 9.98. The second kappa shape index (κ2) is 16.9. The van der Waals surface area contributed by atoms with Crippen LogP contribution in [0.3, 0.4) is 0 Å². The quantitative estimate of drug-likeness (QED) is 0.144. The minimum atomic E-state index is 0.888. The molecule has 3 heteroatoms. The molecule has 0 aliphatic heterocycles. The molecule has 0 spiro atoms. The zero-order chi connectivity index (χ0) is 45.7. The van der Waals surface area contributed by atoms with E-state index in [0.717, 1.165) is 61.4 Å². The van der Waals surface area contributed by atoms with Gasteiger partial charge in [-0.2, -0.15) is 0 Å². The Balaban J connectivity index is 0.833. The van der Waals surface area contributed by atoms with Crippen LogP contribution in [0.5, 0.6) is 0 Å². The lowest BCUT2D eigenvalue weighted by molar-refractivity contribution is 0.669. The Morgan fingerprint density at radius 2 is 0.667 bits per heavy atom. The number of rotatable bonds is 9. The van der Waals surface area contributed by atoms with Crippen molar-refractivity contribution in [3.8, 4) is 61.3 Å². The molecule has 0 N–H and O–H groups in total. The molecule has 11 aromatic carbocycles. The van der Waals surface area contributed by atoms with Gasteiger partial charge in [0, 0.05) is 44.3 Å². The van der Waals surface area contributed by atoms with E-state index in [0.29, 0.717) is 0 Å². The fraction of sp³-hybridized carbons (Fsp3) is 0. The lowest BCUT2D eigenvalue weighted by Gasteiger charge is -2.26. The van der Waals surface area contributed by atoms with Gasteiger partial charge in [0.15, 0.2) is 0 Å². The monoisotopic (exact) mass is 880 g/mol. The largest absolute Gasteiger partial charge is 0.456 e. The third-order valence-corrected chi connectivity index (χ3v) is 13.6. The standard InChI is InChI=1S/C66H44N2O/c1-2-13-45(14-3-1)50-15-10-16-51(41-50)49-33-38-56(39-34-49)67(57-19-12-18-53(43-57)54-35-40-62-61-23-6-9-26-65(61)69-66(62)44-54)55-36-31-47(32-37-55)46-27-29-48(30-28-46)52-17-11-20-58(42-52)68-63-24-7-4-21-59(63)60-22-5-8-25-64(60)68/h1-44H. The van der Waals surface area contributed by atoms with Crippen LogP contribution in [0.25, 0.3) is 105 Å². The van der Waals surface area contributed by atoms with Gasteiger partial charge < -0.3 is 13.9 Å². The molecule has 69 heavy (non-hydrogen) atoms. The van der Waals surface area contributed by atoms with Gasteiger partial charge in [0.2, 0.25) is 0 Å². The van der Waals surface area contributed by atoms with E-state index in [1.165, 1.54) is 60.8 Å². The first kappa shape index (κ1) is 40.1. The van der Waals surface area contributed by atoms with Crippen LogP contribution >= 0.6 is 0 Å². The molecule has 0 atom stereocenters. The highest BCUT2D eigenvalue weighted by Gasteiger charge is 2.17.